The maximum atomic E-state index is 12.0. The van der Waals surface area contributed by atoms with E-state index in [0.717, 1.165) is 13.0 Å². The number of nitrogens with zero attached hydrogens (tertiary/aromatic N) is 2. The summed E-state index contributed by atoms with van der Waals surface area (Å²) in [7, 11) is 0. The topological polar surface area (TPSA) is 49.9 Å². The number of carbonyl (C=O) groups is 2. The Morgan fingerprint density at radius 2 is 2.06 bits per heavy atom. The van der Waals surface area contributed by atoms with E-state index >= 15 is 0 Å². The van der Waals surface area contributed by atoms with Crippen molar-refractivity contribution in [2.75, 3.05) is 26.3 Å². The van der Waals surface area contributed by atoms with Crippen molar-refractivity contribution < 1.29 is 14.3 Å². The Morgan fingerprint density at radius 3 is 2.69 bits per heavy atom. The van der Waals surface area contributed by atoms with E-state index in [-0.39, 0.29) is 24.5 Å². The largest absolute Gasteiger partial charge is 0.379 e. The van der Waals surface area contributed by atoms with Crippen molar-refractivity contribution in [1.29, 1.82) is 0 Å². The van der Waals surface area contributed by atoms with Gasteiger partial charge in [-0.3, -0.25) is 9.69 Å². The summed E-state index contributed by atoms with van der Waals surface area (Å²) in [6.07, 6.45) is 3.18. The molecule has 0 spiro atoms. The quantitative estimate of drug-likeness (QED) is 0.654. The van der Waals surface area contributed by atoms with Crippen molar-refractivity contribution >= 4 is 11.9 Å². The Bertz CT molecular complexity index is 321. The SMILES string of the molecule is O=C1CN(CC2CC2)C(=O)N1C1CCOC1. The fourth-order valence-corrected chi connectivity index (χ4v) is 2.41. The molecule has 1 unspecified atom stereocenters. The van der Waals surface area contributed by atoms with Crippen LogP contribution in [0.2, 0.25) is 0 Å². The van der Waals surface area contributed by atoms with Gasteiger partial charge in [0.2, 0.25) is 0 Å². The summed E-state index contributed by atoms with van der Waals surface area (Å²) in [5.74, 6) is 0.581. The van der Waals surface area contributed by atoms with Crippen LogP contribution >= 0.6 is 0 Å². The lowest BCUT2D eigenvalue weighted by molar-refractivity contribution is -0.126. The van der Waals surface area contributed by atoms with E-state index < -0.39 is 0 Å². The highest BCUT2D eigenvalue weighted by Crippen LogP contribution is 2.31. The van der Waals surface area contributed by atoms with Gasteiger partial charge >= 0.3 is 6.03 Å². The van der Waals surface area contributed by atoms with Crippen molar-refractivity contribution in [3.63, 3.8) is 0 Å². The molecular formula is C11H16N2O3. The maximum Gasteiger partial charge on any atom is 0.327 e. The van der Waals surface area contributed by atoms with E-state index in [2.05, 4.69) is 0 Å². The van der Waals surface area contributed by atoms with Crippen LogP contribution < -0.4 is 0 Å². The van der Waals surface area contributed by atoms with Crippen molar-refractivity contribution in [3.8, 4) is 0 Å². The minimum Gasteiger partial charge on any atom is -0.379 e. The normalized spacial score (nSPS) is 30.6. The number of ether oxygens (including phenoxy) is 1. The Hall–Kier alpha value is -1.10. The zero-order valence-electron chi connectivity index (χ0n) is 9.22. The Morgan fingerprint density at radius 1 is 1.25 bits per heavy atom. The third-order valence-corrected chi connectivity index (χ3v) is 3.52. The third kappa shape index (κ3) is 1.69. The Balaban J connectivity index is 1.68. The molecule has 0 bridgehead atoms. The predicted octanol–water partition coefficient (Wildman–Crippen LogP) is 0.450. The molecule has 3 fully saturated rings. The van der Waals surface area contributed by atoms with Crippen molar-refractivity contribution in [3.05, 3.63) is 0 Å². The molecule has 0 radical (unpaired) electrons. The van der Waals surface area contributed by atoms with E-state index in [1.54, 1.807) is 4.90 Å². The zero-order chi connectivity index (χ0) is 11.1. The van der Waals surface area contributed by atoms with Crippen molar-refractivity contribution in [2.24, 2.45) is 5.92 Å². The minimum atomic E-state index is -0.104. The Kier molecular flexibility index (Phi) is 2.35. The van der Waals surface area contributed by atoms with Gasteiger partial charge in [0.1, 0.15) is 6.54 Å². The first kappa shape index (κ1) is 10.1. The fourth-order valence-electron chi connectivity index (χ4n) is 2.41. The molecule has 16 heavy (non-hydrogen) atoms. The first-order valence-electron chi connectivity index (χ1n) is 5.94. The summed E-state index contributed by atoms with van der Waals surface area (Å²) in [5.41, 5.74) is 0. The van der Waals surface area contributed by atoms with Crippen molar-refractivity contribution in [1.82, 2.24) is 9.80 Å². The molecule has 2 heterocycles. The monoisotopic (exact) mass is 224 g/mol. The third-order valence-electron chi connectivity index (χ3n) is 3.52. The van der Waals surface area contributed by atoms with Crippen LogP contribution in [-0.2, 0) is 9.53 Å². The average Bonchev–Trinajstić information content (AvgIpc) is 2.81. The molecule has 3 amide bonds. The van der Waals surface area contributed by atoms with Crippen LogP contribution in [0, 0.1) is 5.92 Å². The van der Waals surface area contributed by atoms with E-state index in [1.165, 1.54) is 17.7 Å². The van der Waals surface area contributed by atoms with Crippen LogP contribution in [0.1, 0.15) is 19.3 Å². The molecule has 5 heteroatoms. The lowest BCUT2D eigenvalue weighted by atomic mass is 10.2. The molecule has 3 aliphatic rings. The lowest BCUT2D eigenvalue weighted by Crippen LogP contribution is -2.41. The van der Waals surface area contributed by atoms with Crippen LogP contribution in [0.5, 0.6) is 0 Å². The van der Waals surface area contributed by atoms with Gasteiger partial charge in [0, 0.05) is 13.2 Å². The highest BCUT2D eigenvalue weighted by Gasteiger charge is 2.43. The summed E-state index contributed by atoms with van der Waals surface area (Å²) in [4.78, 5) is 26.9. The van der Waals surface area contributed by atoms with Gasteiger partial charge in [0.25, 0.3) is 5.91 Å². The van der Waals surface area contributed by atoms with Gasteiger partial charge < -0.3 is 9.64 Å². The summed E-state index contributed by atoms with van der Waals surface area (Å²) < 4.78 is 5.23. The molecule has 0 aromatic heterocycles. The second-order valence-electron chi connectivity index (χ2n) is 4.89. The van der Waals surface area contributed by atoms with Crippen LogP contribution in [-0.4, -0.2) is 54.1 Å². The van der Waals surface area contributed by atoms with Gasteiger partial charge in [-0.15, -0.1) is 0 Å². The predicted molar refractivity (Wildman–Crippen MR) is 55.8 cm³/mol. The highest BCUT2D eigenvalue weighted by molar-refractivity contribution is 6.02. The van der Waals surface area contributed by atoms with Crippen LogP contribution in [0.4, 0.5) is 4.79 Å². The number of hydrogen-bond acceptors (Lipinski definition) is 3. The molecule has 1 aliphatic carbocycles. The molecule has 1 atom stereocenters. The van der Waals surface area contributed by atoms with Crippen molar-refractivity contribution in [2.45, 2.75) is 25.3 Å². The number of urea groups is 1. The van der Waals surface area contributed by atoms with Gasteiger partial charge in [-0.05, 0) is 25.2 Å². The fraction of sp³-hybridized carbons (Fsp3) is 0.818. The summed E-state index contributed by atoms with van der Waals surface area (Å²) in [5, 5.41) is 0. The molecule has 0 aromatic rings. The first-order valence-corrected chi connectivity index (χ1v) is 5.94. The van der Waals surface area contributed by atoms with Gasteiger partial charge in [-0.2, -0.15) is 0 Å². The lowest BCUT2D eigenvalue weighted by Gasteiger charge is -2.21. The molecule has 5 nitrogen and oxygen atoms in total. The second kappa shape index (κ2) is 3.73. The smallest absolute Gasteiger partial charge is 0.327 e. The van der Waals surface area contributed by atoms with Crippen LogP contribution in [0.3, 0.4) is 0 Å². The molecule has 0 aromatic carbocycles. The van der Waals surface area contributed by atoms with Gasteiger partial charge in [0.05, 0.1) is 12.6 Å². The standard InChI is InChI=1S/C11H16N2O3/c14-10-6-12(5-8-1-2-8)11(15)13(10)9-3-4-16-7-9/h8-9H,1-7H2. The van der Waals surface area contributed by atoms with Crippen LogP contribution in [0.25, 0.3) is 0 Å². The zero-order valence-corrected chi connectivity index (χ0v) is 9.22. The number of imide groups is 1. The molecule has 3 rings (SSSR count). The maximum absolute atomic E-state index is 12.0. The summed E-state index contributed by atoms with van der Waals surface area (Å²) in [6.45, 7) is 2.19. The van der Waals surface area contributed by atoms with Gasteiger partial charge in [-0.1, -0.05) is 0 Å². The van der Waals surface area contributed by atoms with Gasteiger partial charge in [0.15, 0.2) is 0 Å². The van der Waals surface area contributed by atoms with Gasteiger partial charge in [-0.25, -0.2) is 4.79 Å². The Labute approximate surface area is 94.3 Å². The average molecular weight is 224 g/mol. The molecular weight excluding hydrogens is 208 g/mol. The second-order valence-corrected chi connectivity index (χ2v) is 4.89. The summed E-state index contributed by atoms with van der Waals surface area (Å²) >= 11 is 0. The van der Waals surface area contributed by atoms with E-state index in [1.807, 2.05) is 0 Å². The molecule has 2 aliphatic heterocycles. The highest BCUT2D eigenvalue weighted by atomic mass is 16.5. The van der Waals surface area contributed by atoms with Crippen LogP contribution in [0.15, 0.2) is 0 Å². The van der Waals surface area contributed by atoms with E-state index in [4.69, 9.17) is 4.74 Å². The molecule has 1 saturated carbocycles. The van der Waals surface area contributed by atoms with E-state index in [9.17, 15) is 9.59 Å². The summed E-state index contributed by atoms with van der Waals surface area (Å²) in [6, 6.07) is -0.128. The minimum absolute atomic E-state index is 0.0239. The number of rotatable bonds is 3. The number of carbonyl (C=O) groups excluding carboxylic acids is 2. The molecule has 88 valence electrons. The number of amides is 3. The molecule has 0 N–H and O–H groups in total. The number of hydrogen-bond donors (Lipinski definition) is 0. The molecule has 2 saturated heterocycles. The van der Waals surface area contributed by atoms with E-state index in [0.29, 0.717) is 19.1 Å². The first-order chi connectivity index (χ1) is 7.75.